The molecular weight excluding hydrogens is 338 g/mol. The van der Waals surface area contributed by atoms with E-state index in [9.17, 15) is 13.2 Å². The van der Waals surface area contributed by atoms with Crippen molar-refractivity contribution in [3.8, 4) is 0 Å². The Labute approximate surface area is 148 Å². The molecule has 25 heavy (non-hydrogen) atoms. The van der Waals surface area contributed by atoms with Crippen LogP contribution in [0.15, 0.2) is 59.5 Å². The van der Waals surface area contributed by atoms with E-state index >= 15 is 0 Å². The van der Waals surface area contributed by atoms with Gasteiger partial charge in [0, 0.05) is 25.3 Å². The summed E-state index contributed by atoms with van der Waals surface area (Å²) in [4.78, 5) is 12.3. The van der Waals surface area contributed by atoms with E-state index in [1.165, 1.54) is 26.2 Å². The lowest BCUT2D eigenvalue weighted by Gasteiger charge is -2.13. The molecule has 0 heterocycles. The van der Waals surface area contributed by atoms with E-state index in [0.29, 0.717) is 5.69 Å². The number of quaternary nitrogens is 1. The first kappa shape index (κ1) is 19.1. The van der Waals surface area contributed by atoms with Crippen molar-refractivity contribution < 1.29 is 18.5 Å². The Morgan fingerprint density at radius 3 is 2.24 bits per heavy atom. The summed E-state index contributed by atoms with van der Waals surface area (Å²) in [6.07, 6.45) is 0. The Bertz CT molecular complexity index is 803. The third-order valence-corrected chi connectivity index (χ3v) is 5.73. The van der Waals surface area contributed by atoms with Gasteiger partial charge in [0.1, 0.15) is 6.04 Å². The van der Waals surface area contributed by atoms with Crippen LogP contribution in [0.25, 0.3) is 0 Å². The second-order valence-corrected chi connectivity index (χ2v) is 8.15. The molecule has 0 radical (unpaired) electrons. The maximum Gasteiger partial charge on any atom is 0.279 e. The second kappa shape index (κ2) is 8.24. The highest BCUT2D eigenvalue weighted by Gasteiger charge is 2.17. The number of nitrogens with two attached hydrogens (primary N) is 1. The van der Waals surface area contributed by atoms with Crippen molar-refractivity contribution in [3.05, 3.63) is 60.2 Å². The number of benzene rings is 2. The van der Waals surface area contributed by atoms with Crippen molar-refractivity contribution in [1.29, 1.82) is 0 Å². The lowest BCUT2D eigenvalue weighted by molar-refractivity contribution is -0.682. The number of rotatable bonds is 7. The molecule has 2 rings (SSSR count). The van der Waals surface area contributed by atoms with Gasteiger partial charge in [0.15, 0.2) is 6.54 Å². The molecule has 0 saturated heterocycles. The highest BCUT2D eigenvalue weighted by Crippen LogP contribution is 2.16. The maximum absolute atomic E-state index is 12.1. The molecule has 0 unspecified atom stereocenters. The number of nitrogens with one attached hydrogen (secondary N) is 1. The molecule has 1 amide bonds. The molecule has 0 bridgehead atoms. The van der Waals surface area contributed by atoms with Crippen LogP contribution in [0.2, 0.25) is 0 Å². The van der Waals surface area contributed by atoms with Crippen LogP contribution in [0, 0.1) is 0 Å². The summed E-state index contributed by atoms with van der Waals surface area (Å²) in [5.74, 6) is -0.133. The molecule has 2 aromatic rings. The van der Waals surface area contributed by atoms with Crippen LogP contribution < -0.4 is 10.6 Å². The summed E-state index contributed by atoms with van der Waals surface area (Å²) in [7, 11) is -0.498. The quantitative estimate of drug-likeness (QED) is 0.776. The lowest BCUT2D eigenvalue weighted by atomic mass is 10.1. The number of hydrogen-bond acceptors (Lipinski definition) is 3. The molecule has 134 valence electrons. The van der Waals surface area contributed by atoms with Gasteiger partial charge in [-0.05, 0) is 31.2 Å². The van der Waals surface area contributed by atoms with E-state index in [0.717, 1.165) is 9.87 Å². The first-order valence-corrected chi connectivity index (χ1v) is 9.45. The van der Waals surface area contributed by atoms with Crippen LogP contribution in [-0.2, 0) is 14.8 Å². The van der Waals surface area contributed by atoms with Gasteiger partial charge in [0.25, 0.3) is 5.91 Å². The summed E-state index contributed by atoms with van der Waals surface area (Å²) in [6, 6.07) is 16.3. The fourth-order valence-electron chi connectivity index (χ4n) is 2.31. The van der Waals surface area contributed by atoms with Gasteiger partial charge in [-0.3, -0.25) is 4.79 Å². The Hall–Kier alpha value is -2.22. The molecule has 0 aliphatic heterocycles. The fraction of sp³-hybridized carbons (Fsp3) is 0.278. The van der Waals surface area contributed by atoms with Crippen LogP contribution in [0.1, 0.15) is 18.5 Å². The van der Waals surface area contributed by atoms with E-state index < -0.39 is 10.0 Å². The molecule has 3 N–H and O–H groups in total. The van der Waals surface area contributed by atoms with Crippen molar-refractivity contribution in [1.82, 2.24) is 4.31 Å². The van der Waals surface area contributed by atoms with E-state index in [1.807, 2.05) is 42.6 Å². The van der Waals surface area contributed by atoms with E-state index in [-0.39, 0.29) is 23.4 Å². The van der Waals surface area contributed by atoms with Gasteiger partial charge in [-0.25, -0.2) is 12.7 Å². The Morgan fingerprint density at radius 1 is 1.08 bits per heavy atom. The minimum Gasteiger partial charge on any atom is -0.333 e. The summed E-state index contributed by atoms with van der Waals surface area (Å²) in [6.45, 7) is 2.33. The number of amides is 1. The average molecular weight is 362 g/mol. The number of sulfonamides is 1. The predicted molar refractivity (Wildman–Crippen MR) is 97.6 cm³/mol. The minimum atomic E-state index is -3.46. The number of carbonyl (C=O) groups is 1. The van der Waals surface area contributed by atoms with Gasteiger partial charge >= 0.3 is 0 Å². The van der Waals surface area contributed by atoms with Gasteiger partial charge in [0.2, 0.25) is 10.0 Å². The van der Waals surface area contributed by atoms with Crippen molar-refractivity contribution in [2.75, 3.05) is 26.0 Å². The van der Waals surface area contributed by atoms with E-state index in [1.54, 1.807) is 12.1 Å². The van der Waals surface area contributed by atoms with Crippen LogP contribution in [0.5, 0.6) is 0 Å². The third kappa shape index (κ3) is 5.12. The minimum absolute atomic E-state index is 0.133. The molecule has 7 heteroatoms. The largest absolute Gasteiger partial charge is 0.333 e. The summed E-state index contributed by atoms with van der Waals surface area (Å²) in [5.41, 5.74) is 1.73. The smallest absolute Gasteiger partial charge is 0.279 e. The average Bonchev–Trinajstić information content (AvgIpc) is 2.60. The zero-order chi connectivity index (χ0) is 18.4. The first-order chi connectivity index (χ1) is 11.8. The Morgan fingerprint density at radius 2 is 1.68 bits per heavy atom. The third-order valence-electron chi connectivity index (χ3n) is 3.90. The van der Waals surface area contributed by atoms with Crippen LogP contribution >= 0.6 is 0 Å². The lowest BCUT2D eigenvalue weighted by Crippen LogP contribution is -2.86. The molecule has 0 aliphatic rings. The molecule has 0 aromatic heterocycles. The van der Waals surface area contributed by atoms with Gasteiger partial charge < -0.3 is 10.6 Å². The Balaban J connectivity index is 1.91. The molecule has 0 spiro atoms. The van der Waals surface area contributed by atoms with Crippen LogP contribution in [0.4, 0.5) is 5.69 Å². The molecule has 0 fully saturated rings. The fourth-order valence-corrected chi connectivity index (χ4v) is 3.21. The molecule has 2 aromatic carbocycles. The van der Waals surface area contributed by atoms with Crippen LogP contribution in [0.3, 0.4) is 0 Å². The topological polar surface area (TPSA) is 83.1 Å². The van der Waals surface area contributed by atoms with Gasteiger partial charge in [-0.15, -0.1) is 0 Å². The summed E-state index contributed by atoms with van der Waals surface area (Å²) in [5, 5.41) is 4.73. The number of nitrogens with zero attached hydrogens (tertiary/aromatic N) is 1. The van der Waals surface area contributed by atoms with Gasteiger partial charge in [-0.2, -0.15) is 0 Å². The second-order valence-electron chi connectivity index (χ2n) is 6.00. The highest BCUT2D eigenvalue weighted by atomic mass is 32.2. The number of hydrogen-bond donors (Lipinski definition) is 2. The van der Waals surface area contributed by atoms with Crippen molar-refractivity contribution in [3.63, 3.8) is 0 Å². The summed E-state index contributed by atoms with van der Waals surface area (Å²) >= 11 is 0. The monoisotopic (exact) mass is 362 g/mol. The van der Waals surface area contributed by atoms with Crippen LogP contribution in [-0.4, -0.2) is 39.3 Å². The van der Waals surface area contributed by atoms with Crippen molar-refractivity contribution in [2.24, 2.45) is 0 Å². The zero-order valence-electron chi connectivity index (χ0n) is 14.6. The summed E-state index contributed by atoms with van der Waals surface area (Å²) < 4.78 is 25.2. The highest BCUT2D eigenvalue weighted by molar-refractivity contribution is 7.89. The number of anilines is 1. The molecule has 1 atom stereocenters. The van der Waals surface area contributed by atoms with Gasteiger partial charge in [0.05, 0.1) is 4.90 Å². The molecule has 6 nitrogen and oxygen atoms in total. The van der Waals surface area contributed by atoms with E-state index in [2.05, 4.69) is 5.32 Å². The normalized spacial score (nSPS) is 12.8. The molecular formula is C18H24N3O3S+. The number of carbonyl (C=O) groups excluding carboxylic acids is 1. The van der Waals surface area contributed by atoms with Crippen molar-refractivity contribution >= 4 is 21.6 Å². The SMILES string of the molecule is C[C@@H]([NH2+]CC(=O)Nc1ccc(S(=O)(=O)N(C)C)cc1)c1ccccc1. The Kier molecular flexibility index (Phi) is 6.30. The first-order valence-electron chi connectivity index (χ1n) is 8.01. The van der Waals surface area contributed by atoms with Crippen molar-refractivity contribution in [2.45, 2.75) is 17.9 Å². The predicted octanol–water partition coefficient (Wildman–Crippen LogP) is 1.20. The van der Waals surface area contributed by atoms with E-state index in [4.69, 9.17) is 0 Å². The zero-order valence-corrected chi connectivity index (χ0v) is 15.5. The standard InChI is InChI=1S/C18H23N3O3S/c1-14(15-7-5-4-6-8-15)19-13-18(22)20-16-9-11-17(12-10-16)25(23,24)21(2)3/h4-12,14,19H,13H2,1-3H3,(H,20,22)/p+1/t14-/m1/s1. The molecule has 0 saturated carbocycles. The van der Waals surface area contributed by atoms with Gasteiger partial charge in [-0.1, -0.05) is 30.3 Å². The maximum atomic E-state index is 12.1. The molecule has 0 aliphatic carbocycles.